The van der Waals surface area contributed by atoms with Gasteiger partial charge in [0.05, 0.1) is 0 Å². The van der Waals surface area contributed by atoms with Gasteiger partial charge in [0.1, 0.15) is 0 Å². The Morgan fingerprint density at radius 3 is 2.38 bits per heavy atom. The van der Waals surface area contributed by atoms with Crippen molar-refractivity contribution in [2.24, 2.45) is 28.3 Å². The van der Waals surface area contributed by atoms with Gasteiger partial charge in [0.25, 0.3) is 0 Å². The monoisotopic (exact) mass is 298 g/mol. The van der Waals surface area contributed by atoms with Gasteiger partial charge in [0.2, 0.25) is 0 Å². The van der Waals surface area contributed by atoms with E-state index in [-0.39, 0.29) is 5.96 Å². The summed E-state index contributed by atoms with van der Waals surface area (Å²) in [6.07, 6.45) is 7.74. The molecule has 4 nitrogen and oxygen atoms in total. The maximum absolute atomic E-state index is 5.27. The second-order valence-electron chi connectivity index (χ2n) is 6.98. The molecule has 1 aliphatic rings. The van der Waals surface area contributed by atoms with Crippen molar-refractivity contribution in [2.75, 3.05) is 26.2 Å². The molecule has 0 aromatic heterocycles. The number of hydrogen-bond acceptors (Lipinski definition) is 2. The highest BCUT2D eigenvalue weighted by Gasteiger charge is 2.12. The minimum atomic E-state index is 0.214. The molecule has 126 valence electrons. The molecule has 0 spiro atoms. The Hall–Kier alpha value is -0.770. The van der Waals surface area contributed by atoms with Crippen LogP contribution < -0.4 is 11.5 Å². The molecule has 1 heterocycles. The molecule has 0 saturated carbocycles. The number of guanidine groups is 1. The Balaban J connectivity index is 0.000000885. The molecule has 4 heteroatoms. The van der Waals surface area contributed by atoms with Gasteiger partial charge in [-0.05, 0) is 63.6 Å². The molecule has 0 amide bonds. The summed E-state index contributed by atoms with van der Waals surface area (Å²) in [5.74, 6) is 1.97. The molecule has 1 aliphatic heterocycles. The lowest BCUT2D eigenvalue weighted by Crippen LogP contribution is -2.26. The average molecular weight is 299 g/mol. The van der Waals surface area contributed by atoms with Crippen LogP contribution in [0.3, 0.4) is 0 Å². The van der Waals surface area contributed by atoms with Crippen LogP contribution >= 0.6 is 0 Å². The molecule has 1 rings (SSSR count). The second kappa shape index (κ2) is 12.9. The van der Waals surface area contributed by atoms with Crippen molar-refractivity contribution in [2.45, 2.75) is 66.2 Å². The van der Waals surface area contributed by atoms with Crippen LogP contribution in [0.2, 0.25) is 0 Å². The van der Waals surface area contributed by atoms with Crippen molar-refractivity contribution in [1.82, 2.24) is 4.90 Å². The highest BCUT2D eigenvalue weighted by Crippen LogP contribution is 2.16. The molecular formula is C17H38N4. The fourth-order valence-corrected chi connectivity index (χ4v) is 2.38. The van der Waals surface area contributed by atoms with E-state index in [0.717, 1.165) is 24.8 Å². The van der Waals surface area contributed by atoms with Gasteiger partial charge in [-0.3, -0.25) is 4.99 Å². The molecule has 1 fully saturated rings. The summed E-state index contributed by atoms with van der Waals surface area (Å²) in [5.41, 5.74) is 10.5. The Morgan fingerprint density at radius 2 is 1.76 bits per heavy atom. The van der Waals surface area contributed by atoms with Crippen molar-refractivity contribution in [3.05, 3.63) is 0 Å². The van der Waals surface area contributed by atoms with E-state index in [1.54, 1.807) is 0 Å². The SMILES string of the molecule is CC(C)C.CC1CCCN(CCCCCN=C(N)N)CC1. The van der Waals surface area contributed by atoms with Gasteiger partial charge in [-0.15, -0.1) is 0 Å². The summed E-state index contributed by atoms with van der Waals surface area (Å²) in [6.45, 7) is 13.5. The first-order valence-corrected chi connectivity index (χ1v) is 8.69. The number of hydrogen-bond donors (Lipinski definition) is 2. The highest BCUT2D eigenvalue weighted by atomic mass is 15.1. The zero-order valence-corrected chi connectivity index (χ0v) is 14.8. The van der Waals surface area contributed by atoms with E-state index in [4.69, 9.17) is 11.5 Å². The number of nitrogens with zero attached hydrogens (tertiary/aromatic N) is 2. The standard InChI is InChI=1S/C13H28N4.C4H10/c1-12-6-5-10-17(11-7-12)9-4-2-3-8-16-13(14)15;1-4(2)3/h12H,2-11H2,1H3,(H4,14,15,16);4H,1-3H3. The first-order valence-electron chi connectivity index (χ1n) is 8.69. The number of nitrogens with two attached hydrogens (primary N) is 2. The Bertz CT molecular complexity index is 257. The molecular weight excluding hydrogens is 260 g/mol. The van der Waals surface area contributed by atoms with Gasteiger partial charge >= 0.3 is 0 Å². The summed E-state index contributed by atoms with van der Waals surface area (Å²) in [6, 6.07) is 0. The molecule has 1 unspecified atom stereocenters. The van der Waals surface area contributed by atoms with Crippen LogP contribution in [0.1, 0.15) is 66.2 Å². The largest absolute Gasteiger partial charge is 0.370 e. The lowest BCUT2D eigenvalue weighted by Gasteiger charge is -2.19. The Labute approximate surface area is 132 Å². The third-order valence-electron chi connectivity index (χ3n) is 3.54. The van der Waals surface area contributed by atoms with Crippen LogP contribution in [-0.4, -0.2) is 37.0 Å². The molecule has 1 atom stereocenters. The first kappa shape index (κ1) is 20.2. The zero-order chi connectivity index (χ0) is 16.1. The van der Waals surface area contributed by atoms with E-state index < -0.39 is 0 Å². The molecule has 0 aromatic rings. The fourth-order valence-electron chi connectivity index (χ4n) is 2.38. The maximum atomic E-state index is 5.27. The van der Waals surface area contributed by atoms with Gasteiger partial charge in [-0.1, -0.05) is 34.1 Å². The summed E-state index contributed by atoms with van der Waals surface area (Å²) in [4.78, 5) is 6.61. The quantitative estimate of drug-likeness (QED) is 0.449. The molecule has 0 aromatic carbocycles. The van der Waals surface area contributed by atoms with E-state index in [9.17, 15) is 0 Å². The van der Waals surface area contributed by atoms with Crippen LogP contribution in [0, 0.1) is 11.8 Å². The molecule has 0 bridgehead atoms. The summed E-state index contributed by atoms with van der Waals surface area (Å²) < 4.78 is 0. The highest BCUT2D eigenvalue weighted by molar-refractivity contribution is 5.75. The predicted molar refractivity (Wildman–Crippen MR) is 94.5 cm³/mol. The lowest BCUT2D eigenvalue weighted by atomic mass is 10.0. The predicted octanol–water partition coefficient (Wildman–Crippen LogP) is 3.21. The van der Waals surface area contributed by atoms with Crippen LogP contribution in [-0.2, 0) is 0 Å². The number of aliphatic imine (C=N–C) groups is 1. The van der Waals surface area contributed by atoms with E-state index in [2.05, 4.69) is 37.6 Å². The third-order valence-corrected chi connectivity index (χ3v) is 3.54. The van der Waals surface area contributed by atoms with E-state index in [1.165, 1.54) is 51.7 Å². The topological polar surface area (TPSA) is 67.6 Å². The van der Waals surface area contributed by atoms with Crippen LogP contribution in [0.5, 0.6) is 0 Å². The third kappa shape index (κ3) is 15.4. The van der Waals surface area contributed by atoms with Gasteiger partial charge < -0.3 is 16.4 Å². The van der Waals surface area contributed by atoms with E-state index in [1.807, 2.05) is 0 Å². The first-order chi connectivity index (χ1) is 9.91. The Morgan fingerprint density at radius 1 is 1.10 bits per heavy atom. The van der Waals surface area contributed by atoms with Crippen molar-refractivity contribution in [1.29, 1.82) is 0 Å². The van der Waals surface area contributed by atoms with Crippen molar-refractivity contribution in [3.8, 4) is 0 Å². The van der Waals surface area contributed by atoms with Gasteiger partial charge in [0.15, 0.2) is 5.96 Å². The Kier molecular flexibility index (Phi) is 12.5. The number of likely N-dealkylation sites (tertiary alicyclic amines) is 1. The molecule has 4 N–H and O–H groups in total. The fraction of sp³-hybridized carbons (Fsp3) is 0.941. The normalized spacial score (nSPS) is 19.6. The van der Waals surface area contributed by atoms with Gasteiger partial charge in [-0.2, -0.15) is 0 Å². The summed E-state index contributed by atoms with van der Waals surface area (Å²) in [7, 11) is 0. The van der Waals surface area contributed by atoms with Crippen molar-refractivity contribution >= 4 is 5.96 Å². The average Bonchev–Trinajstić information content (AvgIpc) is 2.57. The maximum Gasteiger partial charge on any atom is 0.185 e. The van der Waals surface area contributed by atoms with E-state index >= 15 is 0 Å². The van der Waals surface area contributed by atoms with Gasteiger partial charge in [0, 0.05) is 6.54 Å². The molecule has 1 saturated heterocycles. The second-order valence-corrected chi connectivity index (χ2v) is 6.98. The summed E-state index contributed by atoms with van der Waals surface area (Å²) >= 11 is 0. The zero-order valence-electron chi connectivity index (χ0n) is 14.8. The van der Waals surface area contributed by atoms with Crippen LogP contribution in [0.4, 0.5) is 0 Å². The van der Waals surface area contributed by atoms with Crippen molar-refractivity contribution < 1.29 is 0 Å². The van der Waals surface area contributed by atoms with Crippen LogP contribution in [0.15, 0.2) is 4.99 Å². The van der Waals surface area contributed by atoms with Gasteiger partial charge in [-0.25, -0.2) is 0 Å². The minimum absolute atomic E-state index is 0.214. The smallest absolute Gasteiger partial charge is 0.185 e. The van der Waals surface area contributed by atoms with E-state index in [0.29, 0.717) is 0 Å². The van der Waals surface area contributed by atoms with Crippen LogP contribution in [0.25, 0.3) is 0 Å². The molecule has 0 radical (unpaired) electrons. The molecule has 0 aliphatic carbocycles. The molecule has 21 heavy (non-hydrogen) atoms. The summed E-state index contributed by atoms with van der Waals surface area (Å²) in [5, 5.41) is 0. The number of unbranched alkanes of at least 4 members (excludes halogenated alkanes) is 2. The minimum Gasteiger partial charge on any atom is -0.370 e. The lowest BCUT2D eigenvalue weighted by molar-refractivity contribution is 0.275. The van der Waals surface area contributed by atoms with Crippen molar-refractivity contribution in [3.63, 3.8) is 0 Å². The number of rotatable bonds is 6.